The van der Waals surface area contributed by atoms with E-state index in [1.54, 1.807) is 6.20 Å². The zero-order chi connectivity index (χ0) is 13.3. The van der Waals surface area contributed by atoms with Crippen LogP contribution in [0.5, 0.6) is 0 Å². The van der Waals surface area contributed by atoms with E-state index in [1.165, 1.54) is 0 Å². The summed E-state index contributed by atoms with van der Waals surface area (Å²) >= 11 is 0. The van der Waals surface area contributed by atoms with Crippen LogP contribution < -0.4 is 5.32 Å². The quantitative estimate of drug-likeness (QED) is 0.902. The summed E-state index contributed by atoms with van der Waals surface area (Å²) in [4.78, 5) is 8.75. The predicted octanol–water partition coefficient (Wildman–Crippen LogP) is 2.87. The highest BCUT2D eigenvalue weighted by Crippen LogP contribution is 2.24. The molecule has 5 heteroatoms. The van der Waals surface area contributed by atoms with Gasteiger partial charge >= 0.3 is 0 Å². The van der Waals surface area contributed by atoms with Crippen molar-refractivity contribution in [1.82, 2.24) is 15.1 Å². The van der Waals surface area contributed by atoms with Crippen molar-refractivity contribution in [2.24, 2.45) is 0 Å². The average Bonchev–Trinajstić information content (AvgIpc) is 2.64. The molecule has 2 aromatic heterocycles. The summed E-state index contributed by atoms with van der Waals surface area (Å²) in [6.45, 7) is 9.82. The van der Waals surface area contributed by atoms with Gasteiger partial charge in [0.2, 0.25) is 0 Å². The van der Waals surface area contributed by atoms with Crippen molar-refractivity contribution in [3.63, 3.8) is 0 Å². The molecule has 96 valence electrons. The molecular weight excluding hydrogens is 228 g/mol. The van der Waals surface area contributed by atoms with Crippen LogP contribution in [-0.2, 0) is 0 Å². The molecule has 5 nitrogen and oxygen atoms in total. The van der Waals surface area contributed by atoms with Gasteiger partial charge in [0.05, 0.1) is 29.3 Å². The normalized spacial score (nSPS) is 12.5. The van der Waals surface area contributed by atoms with Gasteiger partial charge in [-0.15, -0.1) is 0 Å². The van der Waals surface area contributed by atoms with E-state index in [4.69, 9.17) is 4.52 Å². The molecule has 0 radical (unpaired) electrons. The number of anilines is 1. The molecule has 2 heterocycles. The highest BCUT2D eigenvalue weighted by molar-refractivity contribution is 5.39. The lowest BCUT2D eigenvalue weighted by Gasteiger charge is -2.14. The van der Waals surface area contributed by atoms with Crippen LogP contribution in [0.3, 0.4) is 0 Å². The molecule has 0 saturated carbocycles. The van der Waals surface area contributed by atoms with Gasteiger partial charge in [-0.1, -0.05) is 5.16 Å². The number of rotatable bonds is 3. The van der Waals surface area contributed by atoms with Gasteiger partial charge in [0.1, 0.15) is 11.6 Å². The molecule has 0 saturated heterocycles. The standard InChI is InChI=1S/C13H18N4O/c1-7-8(2)15-12(6-14-7)16-9(3)13-10(4)17-18-11(13)5/h6,9H,1-5H3,(H,15,16). The molecule has 0 fully saturated rings. The summed E-state index contributed by atoms with van der Waals surface area (Å²) in [6.07, 6.45) is 1.75. The molecular formula is C13H18N4O. The van der Waals surface area contributed by atoms with E-state index in [0.29, 0.717) is 0 Å². The van der Waals surface area contributed by atoms with Crippen LogP contribution in [0.4, 0.5) is 5.82 Å². The van der Waals surface area contributed by atoms with Crippen LogP contribution >= 0.6 is 0 Å². The van der Waals surface area contributed by atoms with E-state index in [-0.39, 0.29) is 6.04 Å². The zero-order valence-corrected chi connectivity index (χ0v) is 11.4. The monoisotopic (exact) mass is 246 g/mol. The van der Waals surface area contributed by atoms with Gasteiger partial charge in [-0.25, -0.2) is 4.98 Å². The largest absolute Gasteiger partial charge is 0.362 e. The number of aromatic nitrogens is 3. The van der Waals surface area contributed by atoms with E-state index >= 15 is 0 Å². The van der Waals surface area contributed by atoms with E-state index in [2.05, 4.69) is 27.4 Å². The lowest BCUT2D eigenvalue weighted by Crippen LogP contribution is -2.10. The Labute approximate surface area is 107 Å². The minimum absolute atomic E-state index is 0.0904. The lowest BCUT2D eigenvalue weighted by molar-refractivity contribution is 0.392. The van der Waals surface area contributed by atoms with Gasteiger partial charge in [-0.3, -0.25) is 4.98 Å². The minimum Gasteiger partial charge on any atom is -0.362 e. The molecule has 0 bridgehead atoms. The molecule has 0 amide bonds. The number of aryl methyl sites for hydroxylation is 4. The molecule has 1 unspecified atom stereocenters. The Balaban J connectivity index is 2.21. The van der Waals surface area contributed by atoms with Gasteiger partial charge in [0.15, 0.2) is 0 Å². The Bertz CT molecular complexity index is 543. The van der Waals surface area contributed by atoms with E-state index in [0.717, 1.165) is 34.2 Å². The SMILES string of the molecule is Cc1ncc(NC(C)c2c(C)noc2C)nc1C. The van der Waals surface area contributed by atoms with E-state index < -0.39 is 0 Å². The fourth-order valence-electron chi connectivity index (χ4n) is 2.01. The number of hydrogen-bond acceptors (Lipinski definition) is 5. The molecule has 0 aliphatic carbocycles. The molecule has 2 aromatic rings. The Hall–Kier alpha value is -1.91. The molecule has 18 heavy (non-hydrogen) atoms. The summed E-state index contributed by atoms with van der Waals surface area (Å²) in [5.74, 6) is 1.61. The molecule has 0 aromatic carbocycles. The van der Waals surface area contributed by atoms with Gasteiger partial charge in [-0.05, 0) is 34.6 Å². The van der Waals surface area contributed by atoms with Crippen molar-refractivity contribution in [3.8, 4) is 0 Å². The lowest BCUT2D eigenvalue weighted by atomic mass is 10.1. The summed E-state index contributed by atoms with van der Waals surface area (Å²) < 4.78 is 5.17. The molecule has 2 rings (SSSR count). The van der Waals surface area contributed by atoms with Gasteiger partial charge in [-0.2, -0.15) is 0 Å². The Morgan fingerprint density at radius 2 is 1.83 bits per heavy atom. The van der Waals surface area contributed by atoms with Crippen LogP contribution in [0.15, 0.2) is 10.7 Å². The van der Waals surface area contributed by atoms with Crippen LogP contribution in [0.1, 0.15) is 41.4 Å². The third-order valence-corrected chi connectivity index (χ3v) is 3.08. The third kappa shape index (κ3) is 2.34. The molecule has 1 N–H and O–H groups in total. The smallest absolute Gasteiger partial charge is 0.145 e. The second kappa shape index (κ2) is 4.76. The van der Waals surface area contributed by atoms with Crippen molar-refractivity contribution in [2.45, 2.75) is 40.7 Å². The fourth-order valence-corrected chi connectivity index (χ4v) is 2.01. The van der Waals surface area contributed by atoms with Crippen LogP contribution in [0.25, 0.3) is 0 Å². The zero-order valence-electron chi connectivity index (χ0n) is 11.4. The molecule has 0 aliphatic heterocycles. The average molecular weight is 246 g/mol. The Morgan fingerprint density at radius 1 is 1.11 bits per heavy atom. The summed E-state index contributed by atoms with van der Waals surface area (Å²) in [5.41, 5.74) is 3.87. The molecule has 0 aliphatic rings. The summed E-state index contributed by atoms with van der Waals surface area (Å²) in [7, 11) is 0. The predicted molar refractivity (Wildman–Crippen MR) is 69.5 cm³/mol. The summed E-state index contributed by atoms with van der Waals surface area (Å²) in [6, 6.07) is 0.0904. The van der Waals surface area contributed by atoms with Crippen LogP contribution in [-0.4, -0.2) is 15.1 Å². The first-order valence-corrected chi connectivity index (χ1v) is 5.98. The third-order valence-electron chi connectivity index (χ3n) is 3.08. The first-order valence-electron chi connectivity index (χ1n) is 5.98. The summed E-state index contributed by atoms with van der Waals surface area (Å²) in [5, 5.41) is 7.28. The highest BCUT2D eigenvalue weighted by Gasteiger charge is 2.16. The fraction of sp³-hybridized carbons (Fsp3) is 0.462. The van der Waals surface area contributed by atoms with Crippen LogP contribution in [0, 0.1) is 27.7 Å². The van der Waals surface area contributed by atoms with Gasteiger partial charge < -0.3 is 9.84 Å². The number of hydrogen-bond donors (Lipinski definition) is 1. The van der Waals surface area contributed by atoms with Crippen molar-refractivity contribution < 1.29 is 4.52 Å². The maximum absolute atomic E-state index is 5.17. The first-order chi connectivity index (χ1) is 8.49. The maximum atomic E-state index is 5.17. The highest BCUT2D eigenvalue weighted by atomic mass is 16.5. The van der Waals surface area contributed by atoms with Crippen molar-refractivity contribution in [1.29, 1.82) is 0 Å². The minimum atomic E-state index is 0.0904. The molecule has 0 spiro atoms. The Morgan fingerprint density at radius 3 is 2.39 bits per heavy atom. The van der Waals surface area contributed by atoms with Crippen LogP contribution in [0.2, 0.25) is 0 Å². The number of nitrogens with one attached hydrogen (secondary N) is 1. The van der Waals surface area contributed by atoms with E-state index in [1.807, 2.05) is 27.7 Å². The second-order valence-electron chi connectivity index (χ2n) is 4.53. The number of nitrogens with zero attached hydrogens (tertiary/aromatic N) is 3. The Kier molecular flexibility index (Phi) is 3.32. The van der Waals surface area contributed by atoms with Crippen molar-refractivity contribution in [2.75, 3.05) is 5.32 Å². The second-order valence-corrected chi connectivity index (χ2v) is 4.53. The van der Waals surface area contributed by atoms with Gasteiger partial charge in [0, 0.05) is 5.56 Å². The topological polar surface area (TPSA) is 63.8 Å². The first kappa shape index (κ1) is 12.5. The van der Waals surface area contributed by atoms with E-state index in [9.17, 15) is 0 Å². The maximum Gasteiger partial charge on any atom is 0.145 e. The van der Waals surface area contributed by atoms with Crippen molar-refractivity contribution in [3.05, 3.63) is 34.6 Å². The molecule has 1 atom stereocenters. The van der Waals surface area contributed by atoms with Gasteiger partial charge in [0.25, 0.3) is 0 Å². The van der Waals surface area contributed by atoms with Crippen molar-refractivity contribution >= 4 is 5.82 Å².